The quantitative estimate of drug-likeness (QED) is 0.882. The van der Waals surface area contributed by atoms with Crippen molar-refractivity contribution in [2.45, 2.75) is 31.9 Å². The average molecular weight is 263 g/mol. The number of amides is 1. The van der Waals surface area contributed by atoms with Crippen LogP contribution in [0.4, 0.5) is 0 Å². The van der Waals surface area contributed by atoms with E-state index < -0.39 is 0 Å². The fourth-order valence-electron chi connectivity index (χ4n) is 2.56. The van der Waals surface area contributed by atoms with Gasteiger partial charge in [-0.25, -0.2) is 0 Å². The molecule has 1 aromatic heterocycles. The Morgan fingerprint density at radius 3 is 3.00 bits per heavy atom. The molecule has 1 aliphatic rings. The van der Waals surface area contributed by atoms with Gasteiger partial charge in [-0.05, 0) is 31.4 Å². The van der Waals surface area contributed by atoms with Crippen LogP contribution in [0.3, 0.4) is 0 Å². The SMILES string of the molecule is COC1CCN(C(=O)c2cncc(C)c2)C(CN)C1. The van der Waals surface area contributed by atoms with Gasteiger partial charge < -0.3 is 15.4 Å². The van der Waals surface area contributed by atoms with Crippen molar-refractivity contribution in [3.63, 3.8) is 0 Å². The zero-order valence-electron chi connectivity index (χ0n) is 11.5. The number of nitrogens with two attached hydrogens (primary N) is 1. The lowest BCUT2D eigenvalue weighted by Gasteiger charge is -2.38. The first-order valence-electron chi connectivity index (χ1n) is 6.61. The standard InChI is InChI=1S/C14H21N3O2/c1-10-5-11(9-16-8-10)14(18)17-4-3-13(19-2)6-12(17)7-15/h5,8-9,12-13H,3-4,6-7,15H2,1-2H3. The summed E-state index contributed by atoms with van der Waals surface area (Å²) in [4.78, 5) is 18.4. The van der Waals surface area contributed by atoms with Crippen LogP contribution in [0.1, 0.15) is 28.8 Å². The van der Waals surface area contributed by atoms with Crippen LogP contribution in [-0.4, -0.2) is 48.1 Å². The number of aromatic nitrogens is 1. The maximum Gasteiger partial charge on any atom is 0.255 e. The van der Waals surface area contributed by atoms with Gasteiger partial charge >= 0.3 is 0 Å². The number of carbonyl (C=O) groups excluding carboxylic acids is 1. The first kappa shape index (κ1) is 14.0. The third-order valence-corrected chi connectivity index (χ3v) is 3.66. The molecule has 104 valence electrons. The number of piperidine rings is 1. The minimum Gasteiger partial charge on any atom is -0.381 e. The van der Waals surface area contributed by atoms with Gasteiger partial charge in [-0.1, -0.05) is 0 Å². The Balaban J connectivity index is 2.14. The van der Waals surface area contributed by atoms with E-state index in [0.29, 0.717) is 18.7 Å². The topological polar surface area (TPSA) is 68.5 Å². The summed E-state index contributed by atoms with van der Waals surface area (Å²) >= 11 is 0. The number of methoxy groups -OCH3 is 1. The highest BCUT2D eigenvalue weighted by Crippen LogP contribution is 2.21. The van der Waals surface area contributed by atoms with Gasteiger partial charge in [0.05, 0.1) is 11.7 Å². The normalized spacial score (nSPS) is 23.4. The van der Waals surface area contributed by atoms with Crippen LogP contribution < -0.4 is 5.73 Å². The number of carbonyl (C=O) groups is 1. The largest absolute Gasteiger partial charge is 0.381 e. The molecule has 0 aromatic carbocycles. The monoisotopic (exact) mass is 263 g/mol. The molecule has 19 heavy (non-hydrogen) atoms. The second-order valence-corrected chi connectivity index (χ2v) is 5.02. The van der Waals surface area contributed by atoms with Crippen LogP contribution in [-0.2, 0) is 4.74 Å². The third kappa shape index (κ3) is 3.11. The fourth-order valence-corrected chi connectivity index (χ4v) is 2.56. The second-order valence-electron chi connectivity index (χ2n) is 5.02. The number of ether oxygens (including phenoxy) is 1. The van der Waals surface area contributed by atoms with E-state index >= 15 is 0 Å². The maximum absolute atomic E-state index is 12.5. The maximum atomic E-state index is 12.5. The number of likely N-dealkylation sites (tertiary alicyclic amines) is 1. The molecule has 1 aliphatic heterocycles. The summed E-state index contributed by atoms with van der Waals surface area (Å²) in [5, 5.41) is 0. The van der Waals surface area contributed by atoms with Crippen molar-refractivity contribution in [3.05, 3.63) is 29.6 Å². The fraction of sp³-hybridized carbons (Fsp3) is 0.571. The van der Waals surface area contributed by atoms with Crippen molar-refractivity contribution in [1.29, 1.82) is 0 Å². The Bertz CT molecular complexity index is 450. The molecule has 1 amide bonds. The zero-order valence-corrected chi connectivity index (χ0v) is 11.5. The zero-order chi connectivity index (χ0) is 13.8. The van der Waals surface area contributed by atoms with Crippen LogP contribution in [0.2, 0.25) is 0 Å². The van der Waals surface area contributed by atoms with E-state index in [-0.39, 0.29) is 18.1 Å². The molecule has 0 aliphatic carbocycles. The van der Waals surface area contributed by atoms with Gasteiger partial charge in [-0.3, -0.25) is 9.78 Å². The van der Waals surface area contributed by atoms with Gasteiger partial charge in [0.1, 0.15) is 0 Å². The van der Waals surface area contributed by atoms with E-state index in [9.17, 15) is 4.79 Å². The molecule has 0 spiro atoms. The van der Waals surface area contributed by atoms with E-state index in [1.54, 1.807) is 19.5 Å². The molecule has 2 atom stereocenters. The Morgan fingerprint density at radius 1 is 1.58 bits per heavy atom. The average Bonchev–Trinajstić information content (AvgIpc) is 2.45. The Kier molecular flexibility index (Phi) is 4.50. The molecule has 0 saturated carbocycles. The number of hydrogen-bond donors (Lipinski definition) is 1. The third-order valence-electron chi connectivity index (χ3n) is 3.66. The molecule has 5 nitrogen and oxygen atoms in total. The summed E-state index contributed by atoms with van der Waals surface area (Å²) in [7, 11) is 1.71. The predicted molar refractivity (Wildman–Crippen MR) is 72.9 cm³/mol. The van der Waals surface area contributed by atoms with Crippen molar-refractivity contribution in [2.75, 3.05) is 20.2 Å². The Labute approximate surface area is 113 Å². The van der Waals surface area contributed by atoms with Gasteiger partial charge in [-0.2, -0.15) is 0 Å². The van der Waals surface area contributed by atoms with Gasteiger partial charge in [0, 0.05) is 38.6 Å². The molecule has 0 bridgehead atoms. The Hall–Kier alpha value is -1.46. The lowest BCUT2D eigenvalue weighted by molar-refractivity contribution is 0.0139. The first-order valence-corrected chi connectivity index (χ1v) is 6.61. The number of rotatable bonds is 3. The molecule has 1 fully saturated rings. The second kappa shape index (κ2) is 6.12. The van der Waals surface area contributed by atoms with Crippen molar-refractivity contribution in [3.8, 4) is 0 Å². The summed E-state index contributed by atoms with van der Waals surface area (Å²) in [6.45, 7) is 3.08. The van der Waals surface area contributed by atoms with Crippen LogP contribution in [0, 0.1) is 6.92 Å². The minimum absolute atomic E-state index is 0.0150. The number of hydrogen-bond acceptors (Lipinski definition) is 4. The van der Waals surface area contributed by atoms with E-state index in [4.69, 9.17) is 10.5 Å². The van der Waals surface area contributed by atoms with E-state index in [2.05, 4.69) is 4.98 Å². The number of aryl methyl sites for hydroxylation is 1. The molecule has 2 N–H and O–H groups in total. The molecule has 2 heterocycles. The van der Waals surface area contributed by atoms with Gasteiger partial charge in [0.25, 0.3) is 5.91 Å². The van der Waals surface area contributed by atoms with Crippen molar-refractivity contribution in [1.82, 2.24) is 9.88 Å². The summed E-state index contributed by atoms with van der Waals surface area (Å²) in [5.41, 5.74) is 7.41. The number of nitrogens with zero attached hydrogens (tertiary/aromatic N) is 2. The first-order chi connectivity index (χ1) is 9.15. The molecule has 5 heteroatoms. The van der Waals surface area contributed by atoms with E-state index in [1.165, 1.54) is 0 Å². The summed E-state index contributed by atoms with van der Waals surface area (Å²) in [6, 6.07) is 1.91. The van der Waals surface area contributed by atoms with Crippen LogP contribution >= 0.6 is 0 Å². The van der Waals surface area contributed by atoms with Crippen LogP contribution in [0.15, 0.2) is 18.5 Å². The summed E-state index contributed by atoms with van der Waals surface area (Å²) < 4.78 is 5.37. The van der Waals surface area contributed by atoms with Gasteiger partial charge in [-0.15, -0.1) is 0 Å². The lowest BCUT2D eigenvalue weighted by Crippen LogP contribution is -2.51. The van der Waals surface area contributed by atoms with Crippen LogP contribution in [0.25, 0.3) is 0 Å². The molecule has 2 rings (SSSR count). The molecule has 0 radical (unpaired) electrons. The summed E-state index contributed by atoms with van der Waals surface area (Å²) in [6.07, 6.45) is 5.23. The predicted octanol–water partition coefficient (Wildman–Crippen LogP) is 0.968. The molecule has 2 unspecified atom stereocenters. The van der Waals surface area contributed by atoms with Gasteiger partial charge in [0.15, 0.2) is 0 Å². The highest BCUT2D eigenvalue weighted by atomic mass is 16.5. The van der Waals surface area contributed by atoms with Crippen molar-refractivity contribution in [2.24, 2.45) is 5.73 Å². The molecular formula is C14H21N3O2. The van der Waals surface area contributed by atoms with E-state index in [1.807, 2.05) is 17.9 Å². The lowest BCUT2D eigenvalue weighted by atomic mass is 9.98. The highest BCUT2D eigenvalue weighted by molar-refractivity contribution is 5.94. The summed E-state index contributed by atoms with van der Waals surface area (Å²) in [5.74, 6) is 0.0150. The van der Waals surface area contributed by atoms with Crippen LogP contribution in [0.5, 0.6) is 0 Å². The molecule has 1 aromatic rings. The van der Waals surface area contributed by atoms with Gasteiger partial charge in [0.2, 0.25) is 0 Å². The minimum atomic E-state index is 0.0150. The highest BCUT2D eigenvalue weighted by Gasteiger charge is 2.31. The number of pyridine rings is 1. The van der Waals surface area contributed by atoms with E-state index in [0.717, 1.165) is 18.4 Å². The van der Waals surface area contributed by atoms with Crippen molar-refractivity contribution >= 4 is 5.91 Å². The molecule has 1 saturated heterocycles. The van der Waals surface area contributed by atoms with Crippen molar-refractivity contribution < 1.29 is 9.53 Å². The Morgan fingerprint density at radius 2 is 2.37 bits per heavy atom. The molecular weight excluding hydrogens is 242 g/mol. The smallest absolute Gasteiger partial charge is 0.255 e.